The Labute approximate surface area is 109 Å². The minimum absolute atomic E-state index is 0.252. The van der Waals surface area contributed by atoms with Crippen molar-refractivity contribution in [3.8, 4) is 5.69 Å². The number of aryl methyl sites for hydroxylation is 1. The Morgan fingerprint density at radius 1 is 1.42 bits per heavy atom. The first kappa shape index (κ1) is 12.8. The smallest absolute Gasteiger partial charge is 0.325 e. The molecular formula is C13H13N3O3. The van der Waals surface area contributed by atoms with Gasteiger partial charge in [-0.2, -0.15) is 0 Å². The topological polar surface area (TPSA) is 87.5 Å². The Morgan fingerprint density at radius 3 is 2.74 bits per heavy atom. The van der Waals surface area contributed by atoms with E-state index in [2.05, 4.69) is 10.1 Å². The van der Waals surface area contributed by atoms with Crippen LogP contribution >= 0.6 is 0 Å². The van der Waals surface area contributed by atoms with Crippen LogP contribution in [0.5, 0.6) is 0 Å². The summed E-state index contributed by atoms with van der Waals surface area (Å²) in [5.41, 5.74) is 1.47. The summed E-state index contributed by atoms with van der Waals surface area (Å²) in [6.07, 6.45) is 1.29. The third-order valence-electron chi connectivity index (χ3n) is 2.58. The van der Waals surface area contributed by atoms with Gasteiger partial charge in [-0.1, -0.05) is 18.2 Å². The maximum absolute atomic E-state index is 12.2. The average Bonchev–Trinajstić information content (AvgIpc) is 2.67. The minimum atomic E-state index is -1.03. The molecule has 0 aliphatic heterocycles. The molecular weight excluding hydrogens is 246 g/mol. The van der Waals surface area contributed by atoms with E-state index < -0.39 is 5.97 Å². The number of para-hydroxylation sites is 1. The van der Waals surface area contributed by atoms with Crippen LogP contribution in [-0.4, -0.2) is 33.6 Å². The molecule has 0 saturated heterocycles. The molecule has 0 aliphatic carbocycles. The molecule has 6 nitrogen and oxygen atoms in total. The Balaban J connectivity index is 2.38. The summed E-state index contributed by atoms with van der Waals surface area (Å²) in [5, 5.41) is 11.4. The number of nitrogens with one attached hydrogen (secondary N) is 1. The van der Waals surface area contributed by atoms with Crippen LogP contribution in [0, 0.1) is 6.92 Å². The number of aromatic amines is 1. The first-order valence-electron chi connectivity index (χ1n) is 5.68. The summed E-state index contributed by atoms with van der Waals surface area (Å²) in [5.74, 6) is -1.03. The zero-order chi connectivity index (χ0) is 13.8. The largest absolute Gasteiger partial charge is 0.480 e. The van der Waals surface area contributed by atoms with Gasteiger partial charge in [-0.15, -0.1) is 0 Å². The van der Waals surface area contributed by atoms with Gasteiger partial charge in [-0.05, 0) is 19.1 Å². The second-order valence-electron chi connectivity index (χ2n) is 3.99. The molecule has 2 rings (SSSR count). The van der Waals surface area contributed by atoms with Gasteiger partial charge in [0.15, 0.2) is 0 Å². The lowest BCUT2D eigenvalue weighted by atomic mass is 10.3. The number of carbonyl (C=O) groups is 1. The van der Waals surface area contributed by atoms with Crippen molar-refractivity contribution in [1.29, 1.82) is 0 Å². The van der Waals surface area contributed by atoms with Crippen molar-refractivity contribution in [2.45, 2.75) is 6.92 Å². The predicted octanol–water partition coefficient (Wildman–Crippen LogP) is 0.978. The number of H-pyrrole nitrogens is 1. The fourth-order valence-electron chi connectivity index (χ4n) is 1.69. The van der Waals surface area contributed by atoms with E-state index in [9.17, 15) is 9.59 Å². The average molecular weight is 259 g/mol. The van der Waals surface area contributed by atoms with E-state index >= 15 is 0 Å². The van der Waals surface area contributed by atoms with E-state index in [1.54, 1.807) is 19.1 Å². The number of carboxylic acid groups (broad SMARTS) is 1. The number of aliphatic carboxylic acids is 1. The number of nitrogens with zero attached hydrogens (tertiary/aromatic N) is 2. The van der Waals surface area contributed by atoms with E-state index in [4.69, 9.17) is 5.11 Å². The van der Waals surface area contributed by atoms with E-state index in [0.29, 0.717) is 16.9 Å². The molecule has 1 heterocycles. The third-order valence-corrected chi connectivity index (χ3v) is 2.58. The van der Waals surface area contributed by atoms with Gasteiger partial charge in [0.05, 0.1) is 11.3 Å². The van der Waals surface area contributed by atoms with Crippen molar-refractivity contribution in [2.75, 3.05) is 6.54 Å². The highest BCUT2D eigenvalue weighted by Gasteiger charge is 2.10. The summed E-state index contributed by atoms with van der Waals surface area (Å²) in [6, 6.07) is 9.12. The van der Waals surface area contributed by atoms with Crippen LogP contribution in [0.1, 0.15) is 11.3 Å². The molecule has 2 aromatic rings. The zero-order valence-electron chi connectivity index (χ0n) is 10.3. The lowest BCUT2D eigenvalue weighted by Gasteiger charge is -1.99. The molecule has 0 radical (unpaired) electrons. The number of hydrogen-bond donors (Lipinski definition) is 2. The van der Waals surface area contributed by atoms with Gasteiger partial charge in [0.2, 0.25) is 0 Å². The van der Waals surface area contributed by atoms with Gasteiger partial charge in [0.25, 0.3) is 5.56 Å². The first-order valence-corrected chi connectivity index (χ1v) is 5.68. The molecule has 0 aliphatic rings. The molecule has 98 valence electrons. The normalized spacial score (nSPS) is 11.0. The number of benzene rings is 1. The maximum Gasteiger partial charge on any atom is 0.325 e. The molecule has 0 unspecified atom stereocenters. The lowest BCUT2D eigenvalue weighted by Crippen LogP contribution is -2.17. The van der Waals surface area contributed by atoms with Crippen molar-refractivity contribution < 1.29 is 9.90 Å². The zero-order valence-corrected chi connectivity index (χ0v) is 10.3. The number of aliphatic imine (C=N–C) groups is 1. The Kier molecular flexibility index (Phi) is 3.61. The van der Waals surface area contributed by atoms with E-state index in [1.165, 1.54) is 10.9 Å². The molecule has 1 aromatic heterocycles. The summed E-state index contributed by atoms with van der Waals surface area (Å²) in [4.78, 5) is 26.3. The van der Waals surface area contributed by atoms with Gasteiger partial charge < -0.3 is 5.11 Å². The third kappa shape index (κ3) is 2.79. The summed E-state index contributed by atoms with van der Waals surface area (Å²) < 4.78 is 1.40. The van der Waals surface area contributed by atoms with Crippen molar-refractivity contribution in [3.05, 3.63) is 51.9 Å². The van der Waals surface area contributed by atoms with Crippen molar-refractivity contribution in [1.82, 2.24) is 9.78 Å². The van der Waals surface area contributed by atoms with E-state index in [-0.39, 0.29) is 12.1 Å². The molecule has 0 saturated carbocycles. The molecule has 0 atom stereocenters. The number of hydrogen-bond acceptors (Lipinski definition) is 3. The number of carboxylic acids is 1. The lowest BCUT2D eigenvalue weighted by molar-refractivity contribution is -0.135. The highest BCUT2D eigenvalue weighted by atomic mass is 16.4. The van der Waals surface area contributed by atoms with E-state index in [0.717, 1.165) is 0 Å². The molecule has 2 N–H and O–H groups in total. The minimum Gasteiger partial charge on any atom is -0.480 e. The first-order chi connectivity index (χ1) is 9.09. The highest BCUT2D eigenvalue weighted by molar-refractivity contribution is 5.82. The van der Waals surface area contributed by atoms with Gasteiger partial charge in [0, 0.05) is 11.9 Å². The Morgan fingerprint density at radius 2 is 2.11 bits per heavy atom. The fourth-order valence-corrected chi connectivity index (χ4v) is 1.69. The van der Waals surface area contributed by atoms with Crippen LogP contribution in [0.4, 0.5) is 0 Å². The van der Waals surface area contributed by atoms with Crippen LogP contribution in [0.3, 0.4) is 0 Å². The van der Waals surface area contributed by atoms with Crippen LogP contribution in [0.25, 0.3) is 5.69 Å². The molecule has 0 spiro atoms. The maximum atomic E-state index is 12.2. The van der Waals surface area contributed by atoms with Crippen molar-refractivity contribution >= 4 is 12.2 Å². The summed E-state index contributed by atoms with van der Waals surface area (Å²) in [6.45, 7) is 1.39. The molecule has 0 fully saturated rings. The fraction of sp³-hybridized carbons (Fsp3) is 0.154. The van der Waals surface area contributed by atoms with Gasteiger partial charge in [0.1, 0.15) is 6.54 Å². The second kappa shape index (κ2) is 5.34. The molecule has 0 amide bonds. The van der Waals surface area contributed by atoms with Crippen molar-refractivity contribution in [2.24, 2.45) is 4.99 Å². The van der Waals surface area contributed by atoms with Crippen LogP contribution in [0.2, 0.25) is 0 Å². The highest BCUT2D eigenvalue weighted by Crippen LogP contribution is 2.05. The van der Waals surface area contributed by atoms with E-state index in [1.807, 2.05) is 18.2 Å². The Hall–Kier alpha value is -2.63. The molecule has 6 heteroatoms. The summed E-state index contributed by atoms with van der Waals surface area (Å²) >= 11 is 0. The van der Waals surface area contributed by atoms with Crippen LogP contribution in [0.15, 0.2) is 40.1 Å². The second-order valence-corrected chi connectivity index (χ2v) is 3.99. The SMILES string of the molecule is Cc1[nH]n(-c2ccccc2)c(=O)c1C=NCC(=O)O. The quantitative estimate of drug-likeness (QED) is 0.802. The monoisotopic (exact) mass is 259 g/mol. The van der Waals surface area contributed by atoms with Crippen molar-refractivity contribution in [3.63, 3.8) is 0 Å². The van der Waals surface area contributed by atoms with Crippen LogP contribution < -0.4 is 5.56 Å². The molecule has 19 heavy (non-hydrogen) atoms. The summed E-state index contributed by atoms with van der Waals surface area (Å²) in [7, 11) is 0. The van der Waals surface area contributed by atoms with Gasteiger partial charge in [-0.3, -0.25) is 19.7 Å². The van der Waals surface area contributed by atoms with Gasteiger partial charge in [-0.25, -0.2) is 4.68 Å². The Bertz CT molecular complexity index is 668. The molecule has 0 bridgehead atoms. The number of rotatable bonds is 4. The van der Waals surface area contributed by atoms with Gasteiger partial charge >= 0.3 is 5.97 Å². The number of aromatic nitrogens is 2. The van der Waals surface area contributed by atoms with Crippen LogP contribution in [-0.2, 0) is 4.79 Å². The predicted molar refractivity (Wildman–Crippen MR) is 71.2 cm³/mol. The standard InChI is InChI=1S/C13H13N3O3/c1-9-11(7-14-8-12(17)18)13(19)16(15-9)10-5-3-2-4-6-10/h2-7,15H,8H2,1H3,(H,17,18). The molecule has 1 aromatic carbocycles.